The van der Waals surface area contributed by atoms with E-state index in [9.17, 15) is 4.79 Å². The van der Waals surface area contributed by atoms with Crippen molar-refractivity contribution in [3.05, 3.63) is 40.3 Å². The van der Waals surface area contributed by atoms with Crippen LogP contribution in [0.15, 0.2) is 29.2 Å². The quantitative estimate of drug-likeness (QED) is 0.777. The molecule has 0 amide bonds. The number of H-pyrrole nitrogens is 1. The molecule has 0 saturated carbocycles. The van der Waals surface area contributed by atoms with E-state index in [1.165, 1.54) is 24.6 Å². The maximum atomic E-state index is 11.1. The minimum absolute atomic E-state index is 0.146. The third-order valence-electron chi connectivity index (χ3n) is 3.41. The van der Waals surface area contributed by atoms with Gasteiger partial charge in [0.05, 0.1) is 17.2 Å². The molecule has 1 aliphatic heterocycles. The Morgan fingerprint density at radius 2 is 2.06 bits per heavy atom. The molecule has 4 nitrogen and oxygen atoms in total. The van der Waals surface area contributed by atoms with Gasteiger partial charge in [-0.25, -0.2) is 4.98 Å². The number of hydrogen-bond acceptors (Lipinski definition) is 3. The Bertz CT molecular complexity index is 584. The van der Waals surface area contributed by atoms with Crippen LogP contribution in [0.1, 0.15) is 24.3 Å². The van der Waals surface area contributed by atoms with E-state index in [2.05, 4.69) is 27.4 Å². The fourth-order valence-electron chi connectivity index (χ4n) is 2.46. The van der Waals surface area contributed by atoms with Crippen LogP contribution in [0.5, 0.6) is 0 Å². The maximum Gasteiger partial charge on any atom is 0.266 e. The summed E-state index contributed by atoms with van der Waals surface area (Å²) < 4.78 is 0. The zero-order valence-corrected chi connectivity index (χ0v) is 9.57. The summed E-state index contributed by atoms with van der Waals surface area (Å²) in [6.45, 7) is 2.17. The molecule has 88 valence electrons. The predicted molar refractivity (Wildman–Crippen MR) is 67.2 cm³/mol. The Morgan fingerprint density at radius 1 is 1.24 bits per heavy atom. The largest absolute Gasteiger partial charge is 0.319 e. The van der Waals surface area contributed by atoms with Gasteiger partial charge >= 0.3 is 0 Å². The first-order chi connectivity index (χ1) is 8.33. The number of nitrogens with one attached hydrogen (secondary N) is 2. The van der Waals surface area contributed by atoms with Crippen molar-refractivity contribution in [3.63, 3.8) is 0 Å². The summed E-state index contributed by atoms with van der Waals surface area (Å²) in [6, 6.07) is 6.16. The Kier molecular flexibility index (Phi) is 2.65. The average Bonchev–Trinajstić information content (AvgIpc) is 2.39. The summed E-state index contributed by atoms with van der Waals surface area (Å²) in [7, 11) is 0. The molecule has 1 saturated heterocycles. The molecule has 2 heterocycles. The van der Waals surface area contributed by atoms with Gasteiger partial charge in [-0.1, -0.05) is 6.07 Å². The smallest absolute Gasteiger partial charge is 0.266 e. The lowest BCUT2D eigenvalue weighted by Gasteiger charge is -2.23. The molecule has 0 unspecified atom stereocenters. The second-order valence-corrected chi connectivity index (χ2v) is 4.55. The Morgan fingerprint density at radius 3 is 2.88 bits per heavy atom. The highest BCUT2D eigenvalue weighted by molar-refractivity contribution is 5.74. The molecule has 3 rings (SSSR count). The summed E-state index contributed by atoms with van der Waals surface area (Å²) >= 11 is 0. The Labute approximate surface area is 99.1 Å². The minimum Gasteiger partial charge on any atom is -0.319 e. The number of nitrogens with zero attached hydrogens (tertiary/aromatic N) is 1. The number of benzene rings is 1. The van der Waals surface area contributed by atoms with Crippen LogP contribution in [0.25, 0.3) is 11.0 Å². The summed E-state index contributed by atoms with van der Waals surface area (Å²) in [5.74, 6) is 0.620. The van der Waals surface area contributed by atoms with Gasteiger partial charge < -0.3 is 10.3 Å². The van der Waals surface area contributed by atoms with Gasteiger partial charge in [0, 0.05) is 0 Å². The summed E-state index contributed by atoms with van der Waals surface area (Å²) in [6.07, 6.45) is 3.69. The third-order valence-corrected chi connectivity index (χ3v) is 3.41. The van der Waals surface area contributed by atoms with Gasteiger partial charge in [-0.2, -0.15) is 0 Å². The fraction of sp³-hybridized carbons (Fsp3) is 0.385. The standard InChI is InChI=1S/C13H15N3O/c17-13-8-15-12-7-10(1-2-11(12)16-13)9-3-5-14-6-4-9/h1-2,7-9,14H,3-6H2,(H,16,17). The van der Waals surface area contributed by atoms with Crippen LogP contribution >= 0.6 is 0 Å². The zero-order valence-electron chi connectivity index (χ0n) is 9.57. The number of hydrogen-bond donors (Lipinski definition) is 2. The van der Waals surface area contributed by atoms with E-state index in [1.54, 1.807) is 0 Å². The predicted octanol–water partition coefficient (Wildman–Crippen LogP) is 1.39. The van der Waals surface area contributed by atoms with E-state index in [4.69, 9.17) is 0 Å². The first kappa shape index (κ1) is 10.5. The van der Waals surface area contributed by atoms with Gasteiger partial charge in [0.15, 0.2) is 0 Å². The number of rotatable bonds is 1. The highest BCUT2D eigenvalue weighted by Gasteiger charge is 2.15. The summed E-state index contributed by atoms with van der Waals surface area (Å²) in [5, 5.41) is 3.37. The number of fused-ring (bicyclic) bond motifs is 1. The van der Waals surface area contributed by atoms with Gasteiger partial charge in [0.1, 0.15) is 0 Å². The summed E-state index contributed by atoms with van der Waals surface area (Å²) in [5.41, 5.74) is 2.88. The second kappa shape index (κ2) is 4.30. The first-order valence-electron chi connectivity index (χ1n) is 6.02. The minimum atomic E-state index is -0.146. The lowest BCUT2D eigenvalue weighted by atomic mass is 9.90. The molecule has 1 aromatic carbocycles. The molecular weight excluding hydrogens is 214 g/mol. The molecule has 17 heavy (non-hydrogen) atoms. The molecule has 0 atom stereocenters. The van der Waals surface area contributed by atoms with Crippen molar-refractivity contribution < 1.29 is 0 Å². The highest BCUT2D eigenvalue weighted by Crippen LogP contribution is 2.26. The van der Waals surface area contributed by atoms with E-state index < -0.39 is 0 Å². The van der Waals surface area contributed by atoms with Crippen molar-refractivity contribution in [1.29, 1.82) is 0 Å². The van der Waals surface area contributed by atoms with Gasteiger partial charge in [0.25, 0.3) is 5.56 Å². The van der Waals surface area contributed by atoms with Crippen molar-refractivity contribution in [2.24, 2.45) is 0 Å². The number of piperidine rings is 1. The molecule has 0 radical (unpaired) electrons. The molecule has 0 aliphatic carbocycles. The average molecular weight is 229 g/mol. The van der Waals surface area contributed by atoms with Gasteiger partial charge in [-0.05, 0) is 49.5 Å². The van der Waals surface area contributed by atoms with Crippen molar-refractivity contribution in [1.82, 2.24) is 15.3 Å². The Hall–Kier alpha value is -1.68. The zero-order chi connectivity index (χ0) is 11.7. The molecule has 0 bridgehead atoms. The first-order valence-corrected chi connectivity index (χ1v) is 6.02. The topological polar surface area (TPSA) is 57.8 Å². The van der Waals surface area contributed by atoms with E-state index in [-0.39, 0.29) is 5.56 Å². The van der Waals surface area contributed by atoms with E-state index in [0.29, 0.717) is 5.92 Å². The molecule has 4 heteroatoms. The van der Waals surface area contributed by atoms with Crippen LogP contribution in [0, 0.1) is 0 Å². The Balaban J connectivity index is 2.01. The monoisotopic (exact) mass is 229 g/mol. The van der Waals surface area contributed by atoms with Gasteiger partial charge in [-0.15, -0.1) is 0 Å². The molecule has 2 N–H and O–H groups in total. The molecule has 1 fully saturated rings. The molecule has 2 aromatic rings. The molecule has 1 aromatic heterocycles. The molecule has 0 spiro atoms. The van der Waals surface area contributed by atoms with E-state index >= 15 is 0 Å². The highest BCUT2D eigenvalue weighted by atomic mass is 16.1. The SMILES string of the molecule is O=c1cnc2cc(C3CCNCC3)ccc2[nH]1. The van der Waals surface area contributed by atoms with Crippen LogP contribution in [0.2, 0.25) is 0 Å². The van der Waals surface area contributed by atoms with Crippen molar-refractivity contribution in [3.8, 4) is 0 Å². The maximum absolute atomic E-state index is 11.1. The van der Waals surface area contributed by atoms with Crippen molar-refractivity contribution >= 4 is 11.0 Å². The van der Waals surface area contributed by atoms with Crippen LogP contribution in [-0.2, 0) is 0 Å². The van der Waals surface area contributed by atoms with E-state index in [0.717, 1.165) is 24.1 Å². The molecule has 1 aliphatic rings. The van der Waals surface area contributed by atoms with Gasteiger partial charge in [-0.3, -0.25) is 4.79 Å². The fourth-order valence-corrected chi connectivity index (χ4v) is 2.46. The van der Waals surface area contributed by atoms with E-state index in [1.807, 2.05) is 6.07 Å². The van der Waals surface area contributed by atoms with Crippen LogP contribution < -0.4 is 10.9 Å². The molecular formula is C13H15N3O. The lowest BCUT2D eigenvalue weighted by Crippen LogP contribution is -2.26. The summed E-state index contributed by atoms with van der Waals surface area (Å²) in [4.78, 5) is 18.1. The van der Waals surface area contributed by atoms with Crippen molar-refractivity contribution in [2.75, 3.05) is 13.1 Å². The van der Waals surface area contributed by atoms with Crippen molar-refractivity contribution in [2.45, 2.75) is 18.8 Å². The van der Waals surface area contributed by atoms with Crippen LogP contribution in [0.4, 0.5) is 0 Å². The normalized spacial score (nSPS) is 17.4. The number of aromatic nitrogens is 2. The number of aromatic amines is 1. The third kappa shape index (κ3) is 2.08. The van der Waals surface area contributed by atoms with Crippen LogP contribution in [0.3, 0.4) is 0 Å². The van der Waals surface area contributed by atoms with Gasteiger partial charge in [0.2, 0.25) is 0 Å². The lowest BCUT2D eigenvalue weighted by molar-refractivity contribution is 0.460. The van der Waals surface area contributed by atoms with Crippen LogP contribution in [-0.4, -0.2) is 23.1 Å². The second-order valence-electron chi connectivity index (χ2n) is 4.55.